The molecule has 4 nitrogen and oxygen atoms in total. The number of nitrogens with one attached hydrogen (secondary N) is 1. The quantitative estimate of drug-likeness (QED) is 0.855. The third-order valence-electron chi connectivity index (χ3n) is 1.70. The second kappa shape index (κ2) is 5.44. The van der Waals surface area contributed by atoms with E-state index in [1.165, 1.54) is 6.20 Å². The zero-order valence-electron chi connectivity index (χ0n) is 9.88. The summed E-state index contributed by atoms with van der Waals surface area (Å²) in [5.41, 5.74) is -0.275. The summed E-state index contributed by atoms with van der Waals surface area (Å²) < 4.78 is 18.9. The van der Waals surface area contributed by atoms with Crippen LogP contribution in [0.15, 0.2) is 16.7 Å². The zero-order chi connectivity index (χ0) is 13.1. The van der Waals surface area contributed by atoms with E-state index in [1.807, 2.05) is 0 Å². The van der Waals surface area contributed by atoms with E-state index in [4.69, 9.17) is 4.74 Å². The number of aromatic nitrogens is 1. The molecule has 0 spiro atoms. The Morgan fingerprint density at radius 1 is 1.59 bits per heavy atom. The highest BCUT2D eigenvalue weighted by Crippen LogP contribution is 2.13. The minimum atomic E-state index is -0.607. The fraction of sp³-hybridized carbons (Fsp3) is 0.455. The SMILES string of the molecule is CC(C)(C)OC(=O)NCc1cc(Br)cnc1F. The molecule has 94 valence electrons. The molecule has 1 heterocycles. The third kappa shape index (κ3) is 5.12. The lowest BCUT2D eigenvalue weighted by atomic mass is 10.2. The number of carbonyl (C=O) groups is 1. The number of halogens is 2. The molecule has 1 amide bonds. The molecule has 0 radical (unpaired) electrons. The van der Waals surface area contributed by atoms with E-state index < -0.39 is 17.6 Å². The number of nitrogens with zero attached hydrogens (tertiary/aromatic N) is 1. The molecular weight excluding hydrogens is 291 g/mol. The molecule has 0 aliphatic heterocycles. The number of alkyl carbamates (subject to hydrolysis) is 1. The molecule has 0 bridgehead atoms. The summed E-state index contributed by atoms with van der Waals surface area (Å²) in [7, 11) is 0. The standard InChI is InChI=1S/C11H14BrFN2O2/c1-11(2,3)17-10(16)15-5-7-4-8(12)6-14-9(7)13/h4,6H,5H2,1-3H3,(H,15,16). The first-order valence-electron chi connectivity index (χ1n) is 5.05. The predicted molar refractivity (Wildman–Crippen MR) is 65.0 cm³/mol. The maximum absolute atomic E-state index is 13.2. The summed E-state index contributed by atoms with van der Waals surface area (Å²) in [5.74, 6) is -0.607. The number of ether oxygens (including phenoxy) is 1. The fourth-order valence-electron chi connectivity index (χ4n) is 1.07. The van der Waals surface area contributed by atoms with Crippen molar-refractivity contribution in [3.8, 4) is 0 Å². The van der Waals surface area contributed by atoms with Crippen LogP contribution in [0.5, 0.6) is 0 Å². The minimum absolute atomic E-state index is 0.0349. The summed E-state index contributed by atoms with van der Waals surface area (Å²) in [6.45, 7) is 5.31. The first-order chi connectivity index (χ1) is 7.78. The van der Waals surface area contributed by atoms with Crippen molar-refractivity contribution in [2.24, 2.45) is 0 Å². The highest BCUT2D eigenvalue weighted by molar-refractivity contribution is 9.10. The van der Waals surface area contributed by atoms with Gasteiger partial charge in [-0.2, -0.15) is 4.39 Å². The molecule has 1 rings (SSSR count). The van der Waals surface area contributed by atoms with Gasteiger partial charge in [-0.25, -0.2) is 9.78 Å². The van der Waals surface area contributed by atoms with E-state index in [0.717, 1.165) is 0 Å². The lowest BCUT2D eigenvalue weighted by Crippen LogP contribution is -2.32. The van der Waals surface area contributed by atoms with Crippen molar-refractivity contribution in [1.82, 2.24) is 10.3 Å². The second-order valence-corrected chi connectivity index (χ2v) is 5.37. The van der Waals surface area contributed by atoms with Crippen LogP contribution in [0.3, 0.4) is 0 Å². The Kier molecular flexibility index (Phi) is 4.45. The van der Waals surface area contributed by atoms with Crippen molar-refractivity contribution in [2.75, 3.05) is 0 Å². The van der Waals surface area contributed by atoms with Gasteiger partial charge >= 0.3 is 6.09 Å². The maximum Gasteiger partial charge on any atom is 0.407 e. The predicted octanol–water partition coefficient (Wildman–Crippen LogP) is 3.01. The molecule has 1 aromatic heterocycles. The van der Waals surface area contributed by atoms with Crippen LogP contribution in [0.2, 0.25) is 0 Å². The zero-order valence-corrected chi connectivity index (χ0v) is 11.5. The second-order valence-electron chi connectivity index (χ2n) is 4.46. The van der Waals surface area contributed by atoms with E-state index in [9.17, 15) is 9.18 Å². The number of hydrogen-bond donors (Lipinski definition) is 1. The Labute approximate surface area is 108 Å². The minimum Gasteiger partial charge on any atom is -0.444 e. The van der Waals surface area contributed by atoms with Gasteiger partial charge in [0.2, 0.25) is 5.95 Å². The third-order valence-corrected chi connectivity index (χ3v) is 2.13. The van der Waals surface area contributed by atoms with Crippen molar-refractivity contribution in [2.45, 2.75) is 32.9 Å². The molecule has 0 atom stereocenters. The van der Waals surface area contributed by atoms with Gasteiger partial charge in [0.25, 0.3) is 0 Å². The summed E-state index contributed by atoms with van der Waals surface area (Å²) in [4.78, 5) is 14.9. The Balaban J connectivity index is 2.56. The van der Waals surface area contributed by atoms with E-state index in [-0.39, 0.29) is 6.54 Å². The fourth-order valence-corrected chi connectivity index (χ4v) is 1.45. The van der Waals surface area contributed by atoms with E-state index >= 15 is 0 Å². The Morgan fingerprint density at radius 3 is 2.82 bits per heavy atom. The molecule has 0 saturated heterocycles. The van der Waals surface area contributed by atoms with Gasteiger partial charge in [-0.3, -0.25) is 0 Å². The number of carbonyl (C=O) groups excluding carboxylic acids is 1. The van der Waals surface area contributed by atoms with Crippen molar-refractivity contribution in [3.05, 3.63) is 28.2 Å². The van der Waals surface area contributed by atoms with Crippen LogP contribution >= 0.6 is 15.9 Å². The van der Waals surface area contributed by atoms with Crippen LogP contribution < -0.4 is 5.32 Å². The Morgan fingerprint density at radius 2 is 2.24 bits per heavy atom. The van der Waals surface area contributed by atoms with Crippen LogP contribution in [-0.2, 0) is 11.3 Å². The van der Waals surface area contributed by atoms with Crippen molar-refractivity contribution >= 4 is 22.0 Å². The van der Waals surface area contributed by atoms with Crippen LogP contribution in [0.4, 0.5) is 9.18 Å². The number of hydrogen-bond acceptors (Lipinski definition) is 3. The Hall–Kier alpha value is -1.17. The molecule has 1 aromatic rings. The average Bonchev–Trinajstić information content (AvgIpc) is 2.17. The van der Waals surface area contributed by atoms with Crippen molar-refractivity contribution in [3.63, 3.8) is 0 Å². The number of rotatable bonds is 2. The number of pyridine rings is 1. The van der Waals surface area contributed by atoms with Gasteiger partial charge in [-0.05, 0) is 42.8 Å². The molecule has 0 fully saturated rings. The van der Waals surface area contributed by atoms with Gasteiger partial charge in [0.15, 0.2) is 0 Å². The highest BCUT2D eigenvalue weighted by Gasteiger charge is 2.16. The Bertz CT molecular complexity index is 418. The van der Waals surface area contributed by atoms with Gasteiger partial charge in [0.1, 0.15) is 5.60 Å². The summed E-state index contributed by atoms with van der Waals surface area (Å²) >= 11 is 3.18. The molecule has 0 saturated carbocycles. The largest absolute Gasteiger partial charge is 0.444 e. The highest BCUT2D eigenvalue weighted by atomic mass is 79.9. The maximum atomic E-state index is 13.2. The number of amides is 1. The van der Waals surface area contributed by atoms with Crippen molar-refractivity contribution < 1.29 is 13.9 Å². The van der Waals surface area contributed by atoms with Gasteiger partial charge in [0, 0.05) is 16.2 Å². The van der Waals surface area contributed by atoms with Gasteiger partial charge in [-0.15, -0.1) is 0 Å². The summed E-state index contributed by atoms with van der Waals surface area (Å²) in [6, 6.07) is 1.56. The van der Waals surface area contributed by atoms with E-state index in [0.29, 0.717) is 10.0 Å². The van der Waals surface area contributed by atoms with Crippen LogP contribution in [0.25, 0.3) is 0 Å². The lowest BCUT2D eigenvalue weighted by Gasteiger charge is -2.19. The summed E-state index contributed by atoms with van der Waals surface area (Å²) in [6.07, 6.45) is 0.767. The topological polar surface area (TPSA) is 51.2 Å². The first kappa shape index (κ1) is 13.9. The van der Waals surface area contributed by atoms with E-state index in [1.54, 1.807) is 26.8 Å². The molecule has 6 heteroatoms. The smallest absolute Gasteiger partial charge is 0.407 e. The normalized spacial score (nSPS) is 11.1. The lowest BCUT2D eigenvalue weighted by molar-refractivity contribution is 0.0523. The monoisotopic (exact) mass is 304 g/mol. The molecule has 0 aliphatic rings. The molecule has 0 unspecified atom stereocenters. The molecule has 0 aromatic carbocycles. The van der Waals surface area contributed by atoms with Gasteiger partial charge in [0.05, 0.1) is 6.54 Å². The molecule has 1 N–H and O–H groups in total. The van der Waals surface area contributed by atoms with E-state index in [2.05, 4.69) is 26.2 Å². The molecular formula is C11H14BrFN2O2. The van der Waals surface area contributed by atoms with Crippen LogP contribution in [0, 0.1) is 5.95 Å². The first-order valence-corrected chi connectivity index (χ1v) is 5.84. The van der Waals surface area contributed by atoms with Crippen LogP contribution in [0.1, 0.15) is 26.3 Å². The van der Waals surface area contributed by atoms with Crippen LogP contribution in [-0.4, -0.2) is 16.7 Å². The average molecular weight is 305 g/mol. The molecule has 0 aliphatic carbocycles. The summed E-state index contributed by atoms with van der Waals surface area (Å²) in [5, 5.41) is 2.46. The van der Waals surface area contributed by atoms with Gasteiger partial charge in [-0.1, -0.05) is 0 Å². The van der Waals surface area contributed by atoms with Gasteiger partial charge < -0.3 is 10.1 Å². The molecule has 17 heavy (non-hydrogen) atoms. The van der Waals surface area contributed by atoms with Crippen molar-refractivity contribution in [1.29, 1.82) is 0 Å².